The van der Waals surface area contributed by atoms with Crippen molar-refractivity contribution in [3.8, 4) is 5.75 Å². The molecule has 1 aliphatic heterocycles. The van der Waals surface area contributed by atoms with Gasteiger partial charge in [-0.2, -0.15) is 0 Å². The van der Waals surface area contributed by atoms with Gasteiger partial charge in [0.05, 0.1) is 25.6 Å². The molecule has 3 aromatic rings. The predicted molar refractivity (Wildman–Crippen MR) is 133 cm³/mol. The molecule has 174 valence electrons. The van der Waals surface area contributed by atoms with Gasteiger partial charge in [0.15, 0.2) is 0 Å². The average Bonchev–Trinajstić information content (AvgIpc) is 2.82. The molecule has 2 heterocycles. The minimum atomic E-state index is 0.0477. The summed E-state index contributed by atoms with van der Waals surface area (Å²) in [5.74, 6) is 2.15. The highest BCUT2D eigenvalue weighted by Crippen LogP contribution is 2.29. The first-order valence-corrected chi connectivity index (χ1v) is 11.8. The van der Waals surface area contributed by atoms with Crippen molar-refractivity contribution in [2.75, 3.05) is 24.7 Å². The van der Waals surface area contributed by atoms with Crippen molar-refractivity contribution in [2.45, 2.75) is 47.2 Å². The Hall–Kier alpha value is -3.12. The Labute approximate surface area is 196 Å². The molecule has 2 aromatic carbocycles. The third-order valence-electron chi connectivity index (χ3n) is 6.08. The maximum absolute atomic E-state index is 13.7. The van der Waals surface area contributed by atoms with Gasteiger partial charge in [0, 0.05) is 24.2 Å². The number of ether oxygens (including phenoxy) is 1. The molecule has 1 aliphatic rings. The first-order valence-electron chi connectivity index (χ1n) is 11.8. The summed E-state index contributed by atoms with van der Waals surface area (Å²) in [5.41, 5.74) is 3.73. The summed E-state index contributed by atoms with van der Waals surface area (Å²) in [6.45, 7) is 11.2. The van der Waals surface area contributed by atoms with Gasteiger partial charge in [-0.1, -0.05) is 44.2 Å². The van der Waals surface area contributed by atoms with Crippen LogP contribution in [0.25, 0.3) is 0 Å². The summed E-state index contributed by atoms with van der Waals surface area (Å²) in [4.78, 5) is 23.1. The fraction of sp³-hybridized carbons (Fsp3) is 0.407. The highest BCUT2D eigenvalue weighted by atomic mass is 16.5. The first-order chi connectivity index (χ1) is 16.0. The van der Waals surface area contributed by atoms with E-state index < -0.39 is 0 Å². The lowest BCUT2D eigenvalue weighted by Gasteiger charge is -2.38. The van der Waals surface area contributed by atoms with Crippen molar-refractivity contribution in [1.29, 1.82) is 0 Å². The molecule has 6 nitrogen and oxygen atoms in total. The van der Waals surface area contributed by atoms with Crippen molar-refractivity contribution >= 4 is 11.6 Å². The summed E-state index contributed by atoms with van der Waals surface area (Å²) < 4.78 is 7.45. The van der Waals surface area contributed by atoms with E-state index >= 15 is 0 Å². The van der Waals surface area contributed by atoms with Gasteiger partial charge in [0.25, 0.3) is 5.56 Å². The second-order valence-corrected chi connectivity index (χ2v) is 9.09. The normalized spacial score (nSPS) is 13.9. The lowest BCUT2D eigenvalue weighted by molar-refractivity contribution is 0.188. The maximum Gasteiger partial charge on any atom is 0.259 e. The molecule has 1 aromatic heterocycles. The van der Waals surface area contributed by atoms with Gasteiger partial charge in [-0.25, -0.2) is 4.98 Å². The van der Waals surface area contributed by atoms with Crippen LogP contribution >= 0.6 is 0 Å². The smallest absolute Gasteiger partial charge is 0.259 e. The fourth-order valence-electron chi connectivity index (χ4n) is 4.20. The molecule has 0 fully saturated rings. The highest BCUT2D eigenvalue weighted by molar-refractivity contribution is 5.59. The number of anilines is 2. The Balaban J connectivity index is 1.73. The third-order valence-corrected chi connectivity index (χ3v) is 6.08. The number of benzene rings is 2. The first kappa shape index (κ1) is 23.1. The largest absolute Gasteiger partial charge is 0.494 e. The van der Waals surface area contributed by atoms with Crippen LogP contribution in [0.2, 0.25) is 0 Å². The highest BCUT2D eigenvalue weighted by Gasteiger charge is 2.28. The molecule has 0 aliphatic carbocycles. The van der Waals surface area contributed by atoms with E-state index in [-0.39, 0.29) is 5.56 Å². The molecule has 0 unspecified atom stereocenters. The summed E-state index contributed by atoms with van der Waals surface area (Å²) in [7, 11) is 0. The van der Waals surface area contributed by atoms with Crippen LogP contribution in [-0.2, 0) is 13.1 Å². The molecular weight excluding hydrogens is 412 g/mol. The monoisotopic (exact) mass is 446 g/mol. The van der Waals surface area contributed by atoms with E-state index in [2.05, 4.69) is 35.8 Å². The molecule has 0 bridgehead atoms. The number of nitrogens with zero attached hydrogens (tertiary/aromatic N) is 4. The van der Waals surface area contributed by atoms with Crippen molar-refractivity contribution in [1.82, 2.24) is 14.5 Å². The van der Waals surface area contributed by atoms with Crippen LogP contribution < -0.4 is 15.2 Å². The molecule has 4 rings (SSSR count). The number of aryl methyl sites for hydroxylation is 1. The van der Waals surface area contributed by atoms with Crippen LogP contribution in [0.15, 0.2) is 59.4 Å². The van der Waals surface area contributed by atoms with Crippen LogP contribution in [0.3, 0.4) is 0 Å². The van der Waals surface area contributed by atoms with Gasteiger partial charge in [-0.3, -0.25) is 19.2 Å². The van der Waals surface area contributed by atoms with Crippen LogP contribution in [0.5, 0.6) is 5.75 Å². The van der Waals surface area contributed by atoms with Gasteiger partial charge in [-0.05, 0) is 56.0 Å². The zero-order valence-corrected chi connectivity index (χ0v) is 20.1. The second kappa shape index (κ2) is 10.2. The molecule has 6 heteroatoms. The Bertz CT molecular complexity index is 1120. The molecule has 0 radical (unpaired) electrons. The second-order valence-electron chi connectivity index (χ2n) is 9.09. The van der Waals surface area contributed by atoms with Gasteiger partial charge in [-0.15, -0.1) is 0 Å². The van der Waals surface area contributed by atoms with E-state index in [9.17, 15) is 4.79 Å². The molecular formula is C27H34N4O2. The van der Waals surface area contributed by atoms with Gasteiger partial charge in [0.1, 0.15) is 5.75 Å². The Morgan fingerprint density at radius 1 is 1.03 bits per heavy atom. The third kappa shape index (κ3) is 5.28. The fourth-order valence-corrected chi connectivity index (χ4v) is 4.20. The lowest BCUT2D eigenvalue weighted by Crippen LogP contribution is -2.48. The Morgan fingerprint density at radius 3 is 2.42 bits per heavy atom. The van der Waals surface area contributed by atoms with E-state index in [1.54, 1.807) is 0 Å². The van der Waals surface area contributed by atoms with Gasteiger partial charge < -0.3 is 4.74 Å². The Kier molecular flexibility index (Phi) is 7.14. The average molecular weight is 447 g/mol. The minimum absolute atomic E-state index is 0.0477. The van der Waals surface area contributed by atoms with Crippen LogP contribution in [-0.4, -0.2) is 34.3 Å². The van der Waals surface area contributed by atoms with E-state index in [1.165, 1.54) is 0 Å². The SMILES string of the molecule is CCOc1ccc(N2CN(CCC(C)C)Cn3c2nc(C)c(Cc2ccccc2)c3=O)cc1. The molecule has 33 heavy (non-hydrogen) atoms. The van der Waals surface area contributed by atoms with Crippen LogP contribution in [0.1, 0.15) is 44.0 Å². The standard InChI is InChI=1S/C27H34N4O2/c1-5-33-24-13-11-23(12-14-24)30-18-29(16-15-20(2)3)19-31-26(32)25(21(4)28-27(30)31)17-22-9-7-6-8-10-22/h6-14,20H,5,15-19H2,1-4H3. The van der Waals surface area contributed by atoms with Crippen molar-refractivity contribution < 1.29 is 4.74 Å². The number of hydrogen-bond acceptors (Lipinski definition) is 5. The summed E-state index contributed by atoms with van der Waals surface area (Å²) in [6.07, 6.45) is 1.67. The van der Waals surface area contributed by atoms with Crippen molar-refractivity contribution in [3.05, 3.63) is 81.8 Å². The minimum Gasteiger partial charge on any atom is -0.494 e. The molecule has 0 amide bonds. The molecule has 0 atom stereocenters. The Morgan fingerprint density at radius 2 is 1.76 bits per heavy atom. The van der Waals surface area contributed by atoms with Gasteiger partial charge >= 0.3 is 0 Å². The lowest BCUT2D eigenvalue weighted by atomic mass is 10.1. The van der Waals surface area contributed by atoms with E-state index in [1.807, 2.05) is 60.9 Å². The quantitative estimate of drug-likeness (QED) is 0.490. The summed E-state index contributed by atoms with van der Waals surface area (Å²) in [6, 6.07) is 18.2. The number of rotatable bonds is 8. The number of aromatic nitrogens is 2. The maximum atomic E-state index is 13.7. The zero-order chi connectivity index (χ0) is 23.4. The molecule has 0 saturated carbocycles. The van der Waals surface area contributed by atoms with Crippen LogP contribution in [0.4, 0.5) is 11.6 Å². The summed E-state index contributed by atoms with van der Waals surface area (Å²) >= 11 is 0. The van der Waals surface area contributed by atoms with E-state index in [4.69, 9.17) is 9.72 Å². The molecule has 0 N–H and O–H groups in total. The number of fused-ring (bicyclic) bond motifs is 1. The zero-order valence-electron chi connectivity index (χ0n) is 20.1. The molecule has 0 saturated heterocycles. The number of hydrogen-bond donors (Lipinski definition) is 0. The van der Waals surface area contributed by atoms with E-state index in [0.29, 0.717) is 38.2 Å². The van der Waals surface area contributed by atoms with Crippen LogP contribution in [0, 0.1) is 12.8 Å². The predicted octanol–water partition coefficient (Wildman–Crippen LogP) is 4.96. The molecule has 0 spiro atoms. The van der Waals surface area contributed by atoms with Crippen molar-refractivity contribution in [2.24, 2.45) is 5.92 Å². The topological polar surface area (TPSA) is 50.6 Å². The van der Waals surface area contributed by atoms with E-state index in [0.717, 1.165) is 41.2 Å². The van der Waals surface area contributed by atoms with Crippen molar-refractivity contribution in [3.63, 3.8) is 0 Å². The van der Waals surface area contributed by atoms with Gasteiger partial charge in [0.2, 0.25) is 5.95 Å². The summed E-state index contributed by atoms with van der Waals surface area (Å²) in [5, 5.41) is 0.